The first kappa shape index (κ1) is 18.8. The monoisotopic (exact) mass is 383 g/mol. The molecule has 0 radical (unpaired) electrons. The predicted molar refractivity (Wildman–Crippen MR) is 92.2 cm³/mol. The van der Waals surface area contributed by atoms with Gasteiger partial charge in [-0.2, -0.15) is 17.0 Å². The van der Waals surface area contributed by atoms with Crippen LogP contribution in [0.15, 0.2) is 24.3 Å². The number of amides is 1. The van der Waals surface area contributed by atoms with Crippen LogP contribution < -0.4 is 0 Å². The number of carbonyl (C=O) groups excluding carboxylic acids is 1. The van der Waals surface area contributed by atoms with Gasteiger partial charge in [0.05, 0.1) is 18.8 Å². The summed E-state index contributed by atoms with van der Waals surface area (Å²) in [4.78, 5) is 25.2. The van der Waals surface area contributed by atoms with Crippen molar-refractivity contribution in [1.82, 2.24) is 13.5 Å². The SMILES string of the molecule is O=C(O)c1cccc(C(=O)N2CCN(S(=O)(=O)N3CCOCC3)CC2)c1. The van der Waals surface area contributed by atoms with Crippen molar-refractivity contribution in [1.29, 1.82) is 0 Å². The Labute approximate surface area is 151 Å². The summed E-state index contributed by atoms with van der Waals surface area (Å²) in [5.74, 6) is -1.39. The van der Waals surface area contributed by atoms with E-state index in [0.29, 0.717) is 26.3 Å². The summed E-state index contributed by atoms with van der Waals surface area (Å²) in [5.41, 5.74) is 0.332. The van der Waals surface area contributed by atoms with Crippen molar-refractivity contribution in [2.45, 2.75) is 0 Å². The number of nitrogens with zero attached hydrogens (tertiary/aromatic N) is 3. The summed E-state index contributed by atoms with van der Waals surface area (Å²) in [6, 6.07) is 5.84. The van der Waals surface area contributed by atoms with Gasteiger partial charge in [0.1, 0.15) is 0 Å². The minimum Gasteiger partial charge on any atom is -0.478 e. The number of carboxylic acids is 1. The molecule has 1 aromatic carbocycles. The van der Waals surface area contributed by atoms with Gasteiger partial charge in [0.25, 0.3) is 16.1 Å². The lowest BCUT2D eigenvalue weighted by Crippen LogP contribution is -2.55. The lowest BCUT2D eigenvalue weighted by Gasteiger charge is -2.37. The predicted octanol–water partition coefficient (Wildman–Crippen LogP) is -0.280. The fourth-order valence-corrected chi connectivity index (χ4v) is 4.59. The van der Waals surface area contributed by atoms with E-state index < -0.39 is 16.2 Å². The van der Waals surface area contributed by atoms with Gasteiger partial charge in [-0.3, -0.25) is 4.79 Å². The lowest BCUT2D eigenvalue weighted by atomic mass is 10.1. The molecule has 0 bridgehead atoms. The lowest BCUT2D eigenvalue weighted by molar-refractivity contribution is 0.0636. The van der Waals surface area contributed by atoms with E-state index in [-0.39, 0.29) is 43.2 Å². The average molecular weight is 383 g/mol. The fourth-order valence-electron chi connectivity index (χ4n) is 3.03. The highest BCUT2D eigenvalue weighted by molar-refractivity contribution is 7.86. The van der Waals surface area contributed by atoms with Gasteiger partial charge in [0.15, 0.2) is 0 Å². The van der Waals surface area contributed by atoms with Gasteiger partial charge in [-0.25, -0.2) is 4.79 Å². The van der Waals surface area contributed by atoms with Crippen molar-refractivity contribution in [2.24, 2.45) is 0 Å². The summed E-state index contributed by atoms with van der Waals surface area (Å²) in [5, 5.41) is 9.04. The molecule has 2 fully saturated rings. The Morgan fingerprint density at radius 3 is 2.12 bits per heavy atom. The fraction of sp³-hybridized carbons (Fsp3) is 0.500. The van der Waals surface area contributed by atoms with Crippen LogP contribution in [0.1, 0.15) is 20.7 Å². The van der Waals surface area contributed by atoms with Gasteiger partial charge in [-0.05, 0) is 18.2 Å². The van der Waals surface area contributed by atoms with Crippen molar-refractivity contribution in [3.63, 3.8) is 0 Å². The molecular formula is C16H21N3O6S. The summed E-state index contributed by atoms with van der Waals surface area (Å²) < 4.78 is 33.2. The second-order valence-electron chi connectivity index (χ2n) is 6.10. The third-order valence-corrected chi connectivity index (χ3v) is 6.54. The van der Waals surface area contributed by atoms with Crippen LogP contribution >= 0.6 is 0 Å². The van der Waals surface area contributed by atoms with Gasteiger partial charge in [-0.1, -0.05) is 6.07 Å². The first-order valence-corrected chi connectivity index (χ1v) is 9.75. The van der Waals surface area contributed by atoms with E-state index in [9.17, 15) is 18.0 Å². The first-order valence-electron chi connectivity index (χ1n) is 8.35. The number of benzene rings is 1. The summed E-state index contributed by atoms with van der Waals surface area (Å²) in [6.45, 7) is 2.40. The van der Waals surface area contributed by atoms with Crippen molar-refractivity contribution >= 4 is 22.1 Å². The Morgan fingerprint density at radius 2 is 1.50 bits per heavy atom. The Balaban J connectivity index is 1.63. The molecular weight excluding hydrogens is 362 g/mol. The maximum absolute atomic E-state index is 12.6. The van der Waals surface area contributed by atoms with Crippen LogP contribution in [0, 0.1) is 0 Å². The molecule has 1 N–H and O–H groups in total. The number of ether oxygens (including phenoxy) is 1. The zero-order chi connectivity index (χ0) is 18.7. The van der Waals surface area contributed by atoms with E-state index in [0.717, 1.165) is 0 Å². The molecule has 0 unspecified atom stereocenters. The van der Waals surface area contributed by atoms with Crippen LogP contribution in [0.5, 0.6) is 0 Å². The first-order chi connectivity index (χ1) is 12.4. The van der Waals surface area contributed by atoms with Crippen LogP contribution in [-0.4, -0.2) is 91.4 Å². The number of rotatable bonds is 4. The summed E-state index contributed by atoms with van der Waals surface area (Å²) >= 11 is 0. The van der Waals surface area contributed by atoms with Crippen molar-refractivity contribution in [2.75, 3.05) is 52.5 Å². The molecule has 2 heterocycles. The standard InChI is InChI=1S/C16H21N3O6S/c20-15(13-2-1-3-14(12-13)16(21)22)17-4-6-18(7-5-17)26(23,24)19-8-10-25-11-9-19/h1-3,12H,4-11H2,(H,21,22). The second-order valence-corrected chi connectivity index (χ2v) is 8.02. The summed E-state index contributed by atoms with van der Waals surface area (Å²) in [7, 11) is -3.55. The van der Waals surface area contributed by atoms with Gasteiger partial charge in [-0.15, -0.1) is 0 Å². The molecule has 2 aliphatic rings. The molecule has 3 rings (SSSR count). The molecule has 10 heteroatoms. The van der Waals surface area contributed by atoms with Crippen LogP contribution in [0.3, 0.4) is 0 Å². The highest BCUT2D eigenvalue weighted by Crippen LogP contribution is 2.16. The normalized spacial score (nSPS) is 20.1. The van der Waals surface area contributed by atoms with Crippen LogP contribution in [0.2, 0.25) is 0 Å². The van der Waals surface area contributed by atoms with Crippen molar-refractivity contribution < 1.29 is 27.9 Å². The number of hydrogen-bond acceptors (Lipinski definition) is 5. The number of carboxylic acid groups (broad SMARTS) is 1. The van der Waals surface area contributed by atoms with Crippen molar-refractivity contribution in [3.8, 4) is 0 Å². The second kappa shape index (κ2) is 7.70. The minimum absolute atomic E-state index is 0.0457. The van der Waals surface area contributed by atoms with Gasteiger partial charge in [0.2, 0.25) is 0 Å². The number of hydrogen-bond donors (Lipinski definition) is 1. The van der Waals surface area contributed by atoms with Crippen molar-refractivity contribution in [3.05, 3.63) is 35.4 Å². The van der Waals surface area contributed by atoms with Crippen LogP contribution in [-0.2, 0) is 14.9 Å². The smallest absolute Gasteiger partial charge is 0.335 e. The van der Waals surface area contributed by atoms with Crippen LogP contribution in [0.25, 0.3) is 0 Å². The highest BCUT2D eigenvalue weighted by atomic mass is 32.2. The molecule has 26 heavy (non-hydrogen) atoms. The quantitative estimate of drug-likeness (QED) is 0.766. The van der Waals surface area contributed by atoms with E-state index in [1.54, 1.807) is 11.0 Å². The third kappa shape index (κ3) is 3.88. The topological polar surface area (TPSA) is 107 Å². The zero-order valence-corrected chi connectivity index (χ0v) is 15.0. The summed E-state index contributed by atoms with van der Waals surface area (Å²) in [6.07, 6.45) is 0. The number of piperazine rings is 1. The van der Waals surface area contributed by atoms with E-state index in [1.807, 2.05) is 0 Å². The Morgan fingerprint density at radius 1 is 0.923 bits per heavy atom. The molecule has 1 aromatic rings. The molecule has 2 saturated heterocycles. The van der Waals surface area contributed by atoms with Gasteiger partial charge >= 0.3 is 5.97 Å². The van der Waals surface area contributed by atoms with E-state index in [4.69, 9.17) is 9.84 Å². The maximum Gasteiger partial charge on any atom is 0.335 e. The Kier molecular flexibility index (Phi) is 5.56. The van der Waals surface area contributed by atoms with Crippen LogP contribution in [0.4, 0.5) is 0 Å². The number of carbonyl (C=O) groups is 2. The molecule has 142 valence electrons. The van der Waals surface area contributed by atoms with Gasteiger partial charge < -0.3 is 14.7 Å². The zero-order valence-electron chi connectivity index (χ0n) is 14.2. The third-order valence-electron chi connectivity index (χ3n) is 4.50. The maximum atomic E-state index is 12.6. The molecule has 0 aromatic heterocycles. The van der Waals surface area contributed by atoms with Gasteiger partial charge in [0, 0.05) is 44.8 Å². The highest BCUT2D eigenvalue weighted by Gasteiger charge is 2.34. The van der Waals surface area contributed by atoms with E-state index >= 15 is 0 Å². The van der Waals surface area contributed by atoms with E-state index in [1.165, 1.54) is 26.8 Å². The molecule has 2 aliphatic heterocycles. The Hall–Kier alpha value is -2.01. The molecule has 0 saturated carbocycles. The molecule has 0 aliphatic carbocycles. The molecule has 0 atom stereocenters. The largest absolute Gasteiger partial charge is 0.478 e. The Bertz CT molecular complexity index is 783. The molecule has 9 nitrogen and oxygen atoms in total. The minimum atomic E-state index is -3.55. The average Bonchev–Trinajstić information content (AvgIpc) is 2.68. The number of aromatic carboxylic acids is 1. The van der Waals surface area contributed by atoms with E-state index in [2.05, 4.69) is 0 Å². The molecule has 0 spiro atoms. The number of morpholine rings is 1. The molecule has 1 amide bonds.